The lowest BCUT2D eigenvalue weighted by Gasteiger charge is -2.30. The van der Waals surface area contributed by atoms with Crippen LogP contribution in [0.2, 0.25) is 0 Å². The molecular weight excluding hydrogens is 765 g/mol. The van der Waals surface area contributed by atoms with Crippen molar-refractivity contribution >= 4 is 60.8 Å². The third-order valence-electron chi connectivity index (χ3n) is 12.4. The van der Waals surface area contributed by atoms with E-state index in [0.29, 0.717) is 0 Å². The predicted octanol–water partition coefficient (Wildman–Crippen LogP) is 16.8. The van der Waals surface area contributed by atoms with Gasteiger partial charge in [0, 0.05) is 44.0 Å². The fourth-order valence-electron chi connectivity index (χ4n) is 9.53. The van der Waals surface area contributed by atoms with Crippen LogP contribution >= 0.6 is 0 Å². The van der Waals surface area contributed by atoms with Crippen LogP contribution in [0, 0.1) is 0 Å². The molecule has 0 aliphatic rings. The second-order valence-electron chi connectivity index (χ2n) is 16.1. The van der Waals surface area contributed by atoms with E-state index in [9.17, 15) is 0 Å². The first-order valence-electron chi connectivity index (χ1n) is 21.5. The summed E-state index contributed by atoms with van der Waals surface area (Å²) in [6.45, 7) is 0. The second-order valence-corrected chi connectivity index (χ2v) is 16.1. The first-order chi connectivity index (χ1) is 31.3. The molecule has 0 atom stereocenters. The Kier molecular flexibility index (Phi) is 8.83. The standard InChI is InChI=1S/C60H40N2O/c1-2-17-42(18-3-1)47-21-4-5-23-49(47)50-24-7-12-29-56(50)61(55-28-11-6-22-48(55)44-35-38-54-53-27-10-15-32-59(53)63-60(54)40-44)45-36-33-41(34-37-45)43-19-16-20-46(39-43)62-57-30-13-8-25-51(57)52-26-9-14-31-58(52)62/h1-40H. The average Bonchev–Trinajstić information content (AvgIpc) is 3.90. The van der Waals surface area contributed by atoms with Gasteiger partial charge in [0.25, 0.3) is 0 Å². The van der Waals surface area contributed by atoms with Crippen molar-refractivity contribution in [1.29, 1.82) is 0 Å². The molecule has 0 spiro atoms. The van der Waals surface area contributed by atoms with E-state index in [1.54, 1.807) is 0 Å². The molecule has 0 N–H and O–H groups in total. The van der Waals surface area contributed by atoms with Crippen LogP contribution in [0.1, 0.15) is 0 Å². The molecule has 0 fully saturated rings. The molecule has 12 aromatic rings. The average molecular weight is 805 g/mol. The number of furan rings is 1. The van der Waals surface area contributed by atoms with Crippen molar-refractivity contribution in [3.8, 4) is 50.2 Å². The molecule has 63 heavy (non-hydrogen) atoms. The number of hydrogen-bond acceptors (Lipinski definition) is 2. The SMILES string of the molecule is c1ccc(-c2ccccc2-c2ccccc2N(c2ccc(-c3cccc(-n4c5ccccc5c5ccccc54)c3)cc2)c2ccccc2-c2ccc3c(c2)oc2ccccc23)cc1. The molecule has 0 amide bonds. The van der Waals surface area contributed by atoms with Crippen LogP contribution in [0.25, 0.3) is 93.9 Å². The van der Waals surface area contributed by atoms with Crippen molar-refractivity contribution in [3.63, 3.8) is 0 Å². The van der Waals surface area contributed by atoms with Crippen molar-refractivity contribution in [1.82, 2.24) is 4.57 Å². The van der Waals surface area contributed by atoms with E-state index < -0.39 is 0 Å². The molecular formula is C60H40N2O. The summed E-state index contributed by atoms with van der Waals surface area (Å²) in [6, 6.07) is 87.2. The largest absolute Gasteiger partial charge is 0.456 e. The van der Waals surface area contributed by atoms with Crippen molar-refractivity contribution in [3.05, 3.63) is 243 Å². The van der Waals surface area contributed by atoms with E-state index in [0.717, 1.165) is 72.5 Å². The van der Waals surface area contributed by atoms with Crippen LogP contribution in [0.5, 0.6) is 0 Å². The molecule has 3 nitrogen and oxygen atoms in total. The summed E-state index contributed by atoms with van der Waals surface area (Å²) in [5, 5.41) is 4.75. The molecule has 296 valence electrons. The fourth-order valence-corrected chi connectivity index (χ4v) is 9.53. The lowest BCUT2D eigenvalue weighted by molar-refractivity contribution is 0.669. The van der Waals surface area contributed by atoms with Crippen LogP contribution in [0.3, 0.4) is 0 Å². The van der Waals surface area contributed by atoms with Crippen molar-refractivity contribution in [2.45, 2.75) is 0 Å². The fraction of sp³-hybridized carbons (Fsp3) is 0. The molecule has 0 unspecified atom stereocenters. The topological polar surface area (TPSA) is 21.3 Å². The minimum absolute atomic E-state index is 0.875. The van der Waals surface area contributed by atoms with Crippen LogP contribution in [0.15, 0.2) is 247 Å². The Hall–Kier alpha value is -8.40. The number of aromatic nitrogens is 1. The number of nitrogens with zero attached hydrogens (tertiary/aromatic N) is 2. The molecule has 0 saturated carbocycles. The molecule has 0 saturated heterocycles. The summed E-state index contributed by atoms with van der Waals surface area (Å²) in [5.74, 6) is 0. The smallest absolute Gasteiger partial charge is 0.136 e. The molecule has 0 aliphatic heterocycles. The lowest BCUT2D eigenvalue weighted by atomic mass is 9.92. The van der Waals surface area contributed by atoms with E-state index in [2.05, 4.69) is 240 Å². The van der Waals surface area contributed by atoms with Crippen molar-refractivity contribution in [2.24, 2.45) is 0 Å². The monoisotopic (exact) mass is 804 g/mol. The summed E-state index contributed by atoms with van der Waals surface area (Å²) in [4.78, 5) is 2.42. The lowest BCUT2D eigenvalue weighted by Crippen LogP contribution is -2.12. The quantitative estimate of drug-likeness (QED) is 0.153. The Balaban J connectivity index is 1.02. The maximum atomic E-state index is 6.43. The van der Waals surface area contributed by atoms with Gasteiger partial charge in [0.1, 0.15) is 11.2 Å². The number of rotatable bonds is 8. The zero-order valence-corrected chi connectivity index (χ0v) is 34.4. The van der Waals surface area contributed by atoms with Gasteiger partial charge >= 0.3 is 0 Å². The van der Waals surface area contributed by atoms with Gasteiger partial charge in [0.05, 0.1) is 22.4 Å². The van der Waals surface area contributed by atoms with E-state index in [1.165, 1.54) is 38.5 Å². The van der Waals surface area contributed by atoms with E-state index in [-0.39, 0.29) is 0 Å². The molecule has 2 heterocycles. The van der Waals surface area contributed by atoms with Crippen LogP contribution in [-0.4, -0.2) is 4.57 Å². The summed E-state index contributed by atoms with van der Waals surface area (Å²) in [6.07, 6.45) is 0. The maximum Gasteiger partial charge on any atom is 0.136 e. The van der Waals surface area contributed by atoms with E-state index in [4.69, 9.17) is 4.42 Å². The Bertz CT molecular complexity index is 3580. The minimum Gasteiger partial charge on any atom is -0.456 e. The van der Waals surface area contributed by atoms with Crippen molar-refractivity contribution in [2.75, 3.05) is 4.90 Å². The molecule has 0 aliphatic carbocycles. The minimum atomic E-state index is 0.875. The third kappa shape index (κ3) is 6.29. The van der Waals surface area contributed by atoms with E-state index >= 15 is 0 Å². The molecule has 3 heteroatoms. The highest BCUT2D eigenvalue weighted by Gasteiger charge is 2.22. The van der Waals surface area contributed by atoms with Gasteiger partial charge in [-0.3, -0.25) is 0 Å². The summed E-state index contributed by atoms with van der Waals surface area (Å²) in [7, 11) is 0. The molecule has 0 radical (unpaired) electrons. The highest BCUT2D eigenvalue weighted by Crippen LogP contribution is 2.47. The zero-order chi connectivity index (χ0) is 41.7. The van der Waals surface area contributed by atoms with Gasteiger partial charge in [0.2, 0.25) is 0 Å². The third-order valence-corrected chi connectivity index (χ3v) is 12.4. The van der Waals surface area contributed by atoms with Gasteiger partial charge in [-0.2, -0.15) is 0 Å². The van der Waals surface area contributed by atoms with Crippen LogP contribution < -0.4 is 4.90 Å². The number of anilines is 3. The van der Waals surface area contributed by atoms with Gasteiger partial charge in [-0.05, 0) is 100 Å². The maximum absolute atomic E-state index is 6.43. The van der Waals surface area contributed by atoms with Gasteiger partial charge < -0.3 is 13.9 Å². The van der Waals surface area contributed by atoms with Gasteiger partial charge in [-0.1, -0.05) is 176 Å². The molecule has 2 aromatic heterocycles. The summed E-state index contributed by atoms with van der Waals surface area (Å²) < 4.78 is 8.81. The summed E-state index contributed by atoms with van der Waals surface area (Å²) in [5.41, 5.74) is 17.7. The molecule has 12 rings (SSSR count). The Morgan fingerprint density at radius 2 is 0.841 bits per heavy atom. The number of fused-ring (bicyclic) bond motifs is 6. The van der Waals surface area contributed by atoms with Crippen LogP contribution in [0.4, 0.5) is 17.1 Å². The first-order valence-corrected chi connectivity index (χ1v) is 21.5. The van der Waals surface area contributed by atoms with Gasteiger partial charge in [-0.15, -0.1) is 0 Å². The highest BCUT2D eigenvalue weighted by atomic mass is 16.3. The summed E-state index contributed by atoms with van der Waals surface area (Å²) >= 11 is 0. The number of hydrogen-bond donors (Lipinski definition) is 0. The molecule has 0 bridgehead atoms. The van der Waals surface area contributed by atoms with Crippen LogP contribution in [-0.2, 0) is 0 Å². The zero-order valence-electron chi connectivity index (χ0n) is 34.4. The first kappa shape index (κ1) is 36.5. The van der Waals surface area contributed by atoms with Gasteiger partial charge in [0.15, 0.2) is 0 Å². The Morgan fingerprint density at radius 1 is 0.302 bits per heavy atom. The second kappa shape index (κ2) is 15.3. The Labute approximate surface area is 366 Å². The van der Waals surface area contributed by atoms with E-state index in [1.807, 2.05) is 12.1 Å². The molecule has 10 aromatic carbocycles. The predicted molar refractivity (Wildman–Crippen MR) is 264 cm³/mol. The normalized spacial score (nSPS) is 11.5. The number of benzene rings is 10. The van der Waals surface area contributed by atoms with Gasteiger partial charge in [-0.25, -0.2) is 0 Å². The Morgan fingerprint density at radius 3 is 1.59 bits per heavy atom. The number of para-hydroxylation sites is 5. The van der Waals surface area contributed by atoms with Crippen molar-refractivity contribution < 1.29 is 4.42 Å². The highest BCUT2D eigenvalue weighted by molar-refractivity contribution is 6.09.